The normalized spacial score (nSPS) is 12.1. The Balaban J connectivity index is 3.01. The maximum atomic E-state index is 9.15. The zero-order chi connectivity index (χ0) is 13.5. The molecule has 0 radical (unpaired) electrons. The van der Waals surface area contributed by atoms with E-state index >= 15 is 0 Å². The Morgan fingerprint density at radius 3 is 2.61 bits per heavy atom. The molecule has 1 rings (SSSR count). The number of likely N-dealkylation sites (N-methyl/N-ethyl adjacent to an activating group) is 1. The van der Waals surface area contributed by atoms with Crippen LogP contribution in [0.2, 0.25) is 0 Å². The van der Waals surface area contributed by atoms with E-state index < -0.39 is 0 Å². The van der Waals surface area contributed by atoms with Crippen LogP contribution in [0.25, 0.3) is 0 Å². The highest BCUT2D eigenvalue weighted by Crippen LogP contribution is 2.15. The zero-order valence-corrected chi connectivity index (χ0v) is 11.3. The number of nitrogens with one attached hydrogen (secondary N) is 1. The van der Waals surface area contributed by atoms with Gasteiger partial charge in [-0.05, 0) is 20.8 Å². The second-order valence-electron chi connectivity index (χ2n) is 3.85. The fourth-order valence-electron chi connectivity index (χ4n) is 1.25. The van der Waals surface area contributed by atoms with E-state index in [2.05, 4.69) is 20.3 Å². The van der Waals surface area contributed by atoms with Crippen LogP contribution in [0.1, 0.15) is 20.8 Å². The van der Waals surface area contributed by atoms with Gasteiger partial charge in [-0.3, -0.25) is 0 Å². The number of nitrogens with zero attached hydrogens (tertiary/aromatic N) is 4. The van der Waals surface area contributed by atoms with Crippen molar-refractivity contribution in [3.8, 4) is 6.01 Å². The number of aromatic nitrogens is 3. The molecular formula is C11H21N5O2. The second-order valence-corrected chi connectivity index (χ2v) is 3.85. The summed E-state index contributed by atoms with van der Waals surface area (Å²) in [4.78, 5) is 14.4. The van der Waals surface area contributed by atoms with Crippen molar-refractivity contribution in [2.24, 2.45) is 0 Å². The highest BCUT2D eigenvalue weighted by atomic mass is 16.5. The van der Waals surface area contributed by atoms with Gasteiger partial charge in [-0.1, -0.05) is 0 Å². The lowest BCUT2D eigenvalue weighted by atomic mass is 10.3. The van der Waals surface area contributed by atoms with Crippen LogP contribution in [0.15, 0.2) is 0 Å². The summed E-state index contributed by atoms with van der Waals surface area (Å²) in [7, 11) is 1.82. The SMILES string of the molecule is CCNc1nc(OCC)nc(N(C)C(C)CO)n1. The first-order valence-electron chi connectivity index (χ1n) is 6.08. The quantitative estimate of drug-likeness (QED) is 0.734. The van der Waals surface area contributed by atoms with E-state index in [9.17, 15) is 0 Å². The molecule has 0 fully saturated rings. The Kier molecular flexibility index (Phi) is 5.57. The second kappa shape index (κ2) is 6.95. The molecule has 7 nitrogen and oxygen atoms in total. The van der Waals surface area contributed by atoms with E-state index in [1.165, 1.54) is 0 Å². The van der Waals surface area contributed by atoms with E-state index in [-0.39, 0.29) is 18.7 Å². The van der Waals surface area contributed by atoms with Gasteiger partial charge in [0.15, 0.2) is 0 Å². The van der Waals surface area contributed by atoms with Gasteiger partial charge in [0.05, 0.1) is 19.3 Å². The summed E-state index contributed by atoms with van der Waals surface area (Å²) in [5, 5.41) is 12.2. The molecule has 1 aromatic rings. The molecule has 1 aromatic heterocycles. The van der Waals surface area contributed by atoms with Crippen molar-refractivity contribution in [1.82, 2.24) is 15.0 Å². The summed E-state index contributed by atoms with van der Waals surface area (Å²) in [6.45, 7) is 6.96. The molecular weight excluding hydrogens is 234 g/mol. The maximum Gasteiger partial charge on any atom is 0.323 e. The fraction of sp³-hybridized carbons (Fsp3) is 0.727. The third-order valence-corrected chi connectivity index (χ3v) is 2.45. The highest BCUT2D eigenvalue weighted by molar-refractivity contribution is 5.38. The molecule has 0 aliphatic rings. The molecule has 102 valence electrons. The van der Waals surface area contributed by atoms with Crippen LogP contribution in [-0.2, 0) is 0 Å². The Hall–Kier alpha value is -1.63. The number of rotatable bonds is 7. The number of hydrogen-bond donors (Lipinski definition) is 2. The molecule has 7 heteroatoms. The van der Waals surface area contributed by atoms with Gasteiger partial charge < -0.3 is 20.1 Å². The third kappa shape index (κ3) is 3.69. The molecule has 1 heterocycles. The molecule has 0 saturated carbocycles. The van der Waals surface area contributed by atoms with Crippen LogP contribution >= 0.6 is 0 Å². The fourth-order valence-corrected chi connectivity index (χ4v) is 1.25. The van der Waals surface area contributed by atoms with E-state index in [0.29, 0.717) is 25.0 Å². The molecule has 1 atom stereocenters. The van der Waals surface area contributed by atoms with Gasteiger partial charge in [-0.25, -0.2) is 0 Å². The Labute approximate surface area is 107 Å². The van der Waals surface area contributed by atoms with E-state index in [0.717, 1.165) is 0 Å². The van der Waals surface area contributed by atoms with Gasteiger partial charge in [0, 0.05) is 13.6 Å². The number of aliphatic hydroxyl groups excluding tert-OH is 1. The number of anilines is 2. The first kappa shape index (κ1) is 14.4. The molecule has 0 aromatic carbocycles. The van der Waals surface area contributed by atoms with E-state index in [1.54, 1.807) is 4.90 Å². The van der Waals surface area contributed by atoms with Crippen molar-refractivity contribution < 1.29 is 9.84 Å². The lowest BCUT2D eigenvalue weighted by Gasteiger charge is -2.23. The minimum Gasteiger partial charge on any atom is -0.464 e. The van der Waals surface area contributed by atoms with Crippen molar-refractivity contribution in [3.63, 3.8) is 0 Å². The lowest BCUT2D eigenvalue weighted by Crippen LogP contribution is -2.33. The number of aliphatic hydroxyl groups is 1. The first-order valence-corrected chi connectivity index (χ1v) is 6.08. The molecule has 1 unspecified atom stereocenters. The summed E-state index contributed by atoms with van der Waals surface area (Å²) in [5.41, 5.74) is 0. The smallest absolute Gasteiger partial charge is 0.323 e. The maximum absolute atomic E-state index is 9.15. The molecule has 0 saturated heterocycles. The van der Waals surface area contributed by atoms with Crippen molar-refractivity contribution in [2.75, 3.05) is 37.0 Å². The summed E-state index contributed by atoms with van der Waals surface area (Å²) in [6, 6.07) is 0.215. The van der Waals surface area contributed by atoms with Crippen molar-refractivity contribution in [2.45, 2.75) is 26.8 Å². The number of ether oxygens (including phenoxy) is 1. The van der Waals surface area contributed by atoms with Gasteiger partial charge in [-0.2, -0.15) is 15.0 Å². The molecule has 0 amide bonds. The molecule has 2 N–H and O–H groups in total. The van der Waals surface area contributed by atoms with Gasteiger partial charge in [0.2, 0.25) is 11.9 Å². The van der Waals surface area contributed by atoms with Gasteiger partial charge in [0.1, 0.15) is 0 Å². The monoisotopic (exact) mass is 255 g/mol. The zero-order valence-electron chi connectivity index (χ0n) is 11.3. The van der Waals surface area contributed by atoms with Crippen LogP contribution in [-0.4, -0.2) is 52.9 Å². The molecule has 0 spiro atoms. The molecule has 0 aliphatic carbocycles. The average molecular weight is 255 g/mol. The summed E-state index contributed by atoms with van der Waals surface area (Å²) in [6.07, 6.45) is 0. The minimum atomic E-state index is -0.0728. The highest BCUT2D eigenvalue weighted by Gasteiger charge is 2.15. The van der Waals surface area contributed by atoms with Gasteiger partial charge in [-0.15, -0.1) is 0 Å². The lowest BCUT2D eigenvalue weighted by molar-refractivity contribution is 0.268. The van der Waals surface area contributed by atoms with Crippen LogP contribution in [0, 0.1) is 0 Å². The van der Waals surface area contributed by atoms with Crippen LogP contribution in [0.3, 0.4) is 0 Å². The van der Waals surface area contributed by atoms with Crippen molar-refractivity contribution in [1.29, 1.82) is 0 Å². The molecule has 18 heavy (non-hydrogen) atoms. The molecule has 0 aliphatic heterocycles. The topological polar surface area (TPSA) is 83.4 Å². The average Bonchev–Trinajstić information content (AvgIpc) is 2.37. The Morgan fingerprint density at radius 1 is 1.33 bits per heavy atom. The van der Waals surface area contributed by atoms with Gasteiger partial charge in [0.25, 0.3) is 0 Å². The predicted octanol–water partition coefficient (Wildman–Crippen LogP) is 0.519. The van der Waals surface area contributed by atoms with E-state index in [4.69, 9.17) is 9.84 Å². The van der Waals surface area contributed by atoms with Gasteiger partial charge >= 0.3 is 6.01 Å². The van der Waals surface area contributed by atoms with E-state index in [1.807, 2.05) is 27.8 Å². The van der Waals surface area contributed by atoms with Crippen molar-refractivity contribution >= 4 is 11.9 Å². The third-order valence-electron chi connectivity index (χ3n) is 2.45. The summed E-state index contributed by atoms with van der Waals surface area (Å²) in [5.74, 6) is 0.953. The van der Waals surface area contributed by atoms with Crippen LogP contribution in [0.5, 0.6) is 6.01 Å². The standard InChI is InChI=1S/C11H21N5O2/c1-5-12-9-13-10(16(4)8(3)7-17)15-11(14-9)18-6-2/h8,17H,5-7H2,1-4H3,(H,12,13,14,15). The van der Waals surface area contributed by atoms with Crippen LogP contribution < -0.4 is 15.0 Å². The van der Waals surface area contributed by atoms with Crippen LogP contribution in [0.4, 0.5) is 11.9 Å². The summed E-state index contributed by atoms with van der Waals surface area (Å²) < 4.78 is 5.31. The summed E-state index contributed by atoms with van der Waals surface area (Å²) >= 11 is 0. The Bertz CT molecular complexity index is 350. The van der Waals surface area contributed by atoms with Crippen molar-refractivity contribution in [3.05, 3.63) is 0 Å². The first-order chi connectivity index (χ1) is 8.62. The number of hydrogen-bond acceptors (Lipinski definition) is 7. The predicted molar refractivity (Wildman–Crippen MR) is 70.1 cm³/mol. The Morgan fingerprint density at radius 2 is 2.06 bits per heavy atom. The largest absolute Gasteiger partial charge is 0.464 e. The molecule has 0 bridgehead atoms. The minimum absolute atomic E-state index is 0.0304.